The van der Waals surface area contributed by atoms with Crippen molar-refractivity contribution in [3.63, 3.8) is 0 Å². The zero-order valence-corrected chi connectivity index (χ0v) is 9.85. The zero-order valence-electron chi connectivity index (χ0n) is 9.85. The van der Waals surface area contributed by atoms with E-state index in [0.717, 1.165) is 18.7 Å². The summed E-state index contributed by atoms with van der Waals surface area (Å²) in [6.07, 6.45) is 2.19. The van der Waals surface area contributed by atoms with Crippen molar-refractivity contribution in [1.82, 2.24) is 9.97 Å². The van der Waals surface area contributed by atoms with Gasteiger partial charge in [-0.15, -0.1) is 0 Å². The molecule has 6 nitrogen and oxygen atoms in total. The van der Waals surface area contributed by atoms with Crippen LogP contribution in [0.5, 0.6) is 0 Å². The van der Waals surface area contributed by atoms with Gasteiger partial charge >= 0.3 is 0 Å². The summed E-state index contributed by atoms with van der Waals surface area (Å²) in [6, 6.07) is 1.61. The lowest BCUT2D eigenvalue weighted by molar-refractivity contribution is 0.147. The molecule has 2 rings (SSSR count). The van der Waals surface area contributed by atoms with E-state index in [1.807, 2.05) is 0 Å². The normalized spacial score (nSPS) is 15.9. The predicted molar refractivity (Wildman–Crippen MR) is 64.6 cm³/mol. The molecule has 1 heterocycles. The van der Waals surface area contributed by atoms with Crippen molar-refractivity contribution in [3.8, 4) is 0 Å². The average Bonchev–Trinajstić information content (AvgIpc) is 3.12. The Morgan fingerprint density at radius 2 is 2.06 bits per heavy atom. The van der Waals surface area contributed by atoms with Gasteiger partial charge in [-0.05, 0) is 19.8 Å². The van der Waals surface area contributed by atoms with Crippen LogP contribution < -0.4 is 11.1 Å². The molecule has 1 aromatic rings. The van der Waals surface area contributed by atoms with Crippen LogP contribution in [-0.2, 0) is 0 Å². The molecule has 0 saturated heterocycles. The number of aromatic nitrogens is 2. The molecule has 17 heavy (non-hydrogen) atoms. The largest absolute Gasteiger partial charge is 0.394 e. The van der Waals surface area contributed by atoms with Crippen LogP contribution in [0.15, 0.2) is 6.07 Å². The molecule has 6 heteroatoms. The van der Waals surface area contributed by atoms with Gasteiger partial charge < -0.3 is 21.3 Å². The number of aliphatic hydroxyl groups is 2. The van der Waals surface area contributed by atoms with Crippen LogP contribution in [0.3, 0.4) is 0 Å². The summed E-state index contributed by atoms with van der Waals surface area (Å²) < 4.78 is 0. The Morgan fingerprint density at radius 1 is 1.41 bits per heavy atom. The molecular weight excluding hydrogens is 220 g/mol. The van der Waals surface area contributed by atoms with Crippen LogP contribution >= 0.6 is 0 Å². The highest BCUT2D eigenvalue weighted by molar-refractivity contribution is 5.47. The number of hydrogen-bond acceptors (Lipinski definition) is 6. The third-order valence-electron chi connectivity index (χ3n) is 2.83. The van der Waals surface area contributed by atoms with Gasteiger partial charge in [0.15, 0.2) is 0 Å². The van der Waals surface area contributed by atoms with E-state index < -0.39 is 5.54 Å². The lowest BCUT2D eigenvalue weighted by Crippen LogP contribution is -2.42. The molecule has 1 aliphatic rings. The zero-order chi connectivity index (χ0) is 12.5. The second-order valence-corrected chi connectivity index (χ2v) is 4.81. The van der Waals surface area contributed by atoms with Crippen LogP contribution in [0.2, 0.25) is 0 Å². The smallest absolute Gasteiger partial charge is 0.136 e. The van der Waals surface area contributed by atoms with Gasteiger partial charge in [0, 0.05) is 12.0 Å². The fourth-order valence-electron chi connectivity index (χ4n) is 1.51. The summed E-state index contributed by atoms with van der Waals surface area (Å²) in [6.45, 7) is 1.33. The van der Waals surface area contributed by atoms with Crippen LogP contribution in [0.25, 0.3) is 0 Å². The Hall–Kier alpha value is -1.40. The summed E-state index contributed by atoms with van der Waals surface area (Å²) in [7, 11) is 0. The number of nitrogens with two attached hydrogens (primary N) is 1. The van der Waals surface area contributed by atoms with Gasteiger partial charge in [-0.2, -0.15) is 0 Å². The minimum absolute atomic E-state index is 0.188. The van der Waals surface area contributed by atoms with E-state index in [4.69, 9.17) is 5.73 Å². The minimum atomic E-state index is -0.804. The van der Waals surface area contributed by atoms with E-state index in [0.29, 0.717) is 17.6 Å². The first-order valence-corrected chi connectivity index (χ1v) is 5.71. The van der Waals surface area contributed by atoms with Crippen LogP contribution in [-0.4, -0.2) is 38.9 Å². The van der Waals surface area contributed by atoms with Gasteiger partial charge in [0.2, 0.25) is 0 Å². The number of aliphatic hydroxyl groups excluding tert-OH is 2. The van der Waals surface area contributed by atoms with Crippen molar-refractivity contribution in [2.75, 3.05) is 24.3 Å². The molecule has 0 spiro atoms. The van der Waals surface area contributed by atoms with Crippen molar-refractivity contribution in [2.24, 2.45) is 0 Å². The lowest BCUT2D eigenvalue weighted by Gasteiger charge is -2.27. The Kier molecular flexibility index (Phi) is 3.17. The number of nitrogens with zero attached hydrogens (tertiary/aromatic N) is 2. The standard InChI is InChI=1S/C11H18N4O2/c1-11(5-16,6-17)15-9-4-8(12)13-10(14-9)7-2-3-7/h4,7,16-17H,2-3,5-6H2,1H3,(H3,12,13,14,15). The maximum atomic E-state index is 9.21. The molecule has 0 radical (unpaired) electrons. The second kappa shape index (κ2) is 4.46. The van der Waals surface area contributed by atoms with Crippen molar-refractivity contribution in [3.05, 3.63) is 11.9 Å². The molecule has 0 aliphatic heterocycles. The van der Waals surface area contributed by atoms with Gasteiger partial charge in [0.1, 0.15) is 17.5 Å². The first-order chi connectivity index (χ1) is 8.06. The highest BCUT2D eigenvalue weighted by Gasteiger charge is 2.28. The van der Waals surface area contributed by atoms with Gasteiger partial charge in [-0.3, -0.25) is 0 Å². The molecule has 0 bridgehead atoms. The van der Waals surface area contributed by atoms with E-state index >= 15 is 0 Å². The van der Waals surface area contributed by atoms with E-state index in [9.17, 15) is 10.2 Å². The monoisotopic (exact) mass is 238 g/mol. The van der Waals surface area contributed by atoms with Gasteiger partial charge in [-0.1, -0.05) is 0 Å². The minimum Gasteiger partial charge on any atom is -0.394 e. The predicted octanol–water partition coefficient (Wildman–Crippen LogP) is 0.0914. The van der Waals surface area contributed by atoms with Crippen molar-refractivity contribution in [1.29, 1.82) is 0 Å². The summed E-state index contributed by atoms with van der Waals surface area (Å²) in [5, 5.41) is 21.4. The summed E-state index contributed by atoms with van der Waals surface area (Å²) in [5.41, 5.74) is 4.91. The highest BCUT2D eigenvalue weighted by atomic mass is 16.3. The molecule has 1 saturated carbocycles. The van der Waals surface area contributed by atoms with Crippen LogP contribution in [0, 0.1) is 0 Å². The molecular formula is C11H18N4O2. The average molecular weight is 238 g/mol. The molecule has 0 aromatic carbocycles. The fraction of sp³-hybridized carbons (Fsp3) is 0.636. The number of nitrogens with one attached hydrogen (secondary N) is 1. The molecule has 1 aromatic heterocycles. The van der Waals surface area contributed by atoms with Gasteiger partial charge in [0.05, 0.1) is 18.8 Å². The SMILES string of the molecule is CC(CO)(CO)Nc1cc(N)nc(C2CC2)n1. The topological polar surface area (TPSA) is 104 Å². The number of anilines is 2. The Labute approximate surface area is 99.9 Å². The van der Waals surface area contributed by atoms with Crippen molar-refractivity contribution < 1.29 is 10.2 Å². The van der Waals surface area contributed by atoms with E-state index in [1.165, 1.54) is 0 Å². The fourth-order valence-corrected chi connectivity index (χ4v) is 1.51. The highest BCUT2D eigenvalue weighted by Crippen LogP contribution is 2.38. The molecule has 0 atom stereocenters. The molecule has 0 amide bonds. The molecule has 1 aliphatic carbocycles. The molecule has 1 fully saturated rings. The Morgan fingerprint density at radius 3 is 2.59 bits per heavy atom. The molecule has 0 unspecified atom stereocenters. The van der Waals surface area contributed by atoms with Crippen LogP contribution in [0.4, 0.5) is 11.6 Å². The third-order valence-corrected chi connectivity index (χ3v) is 2.83. The Bertz CT molecular complexity index is 402. The quantitative estimate of drug-likeness (QED) is 0.579. The van der Waals surface area contributed by atoms with Gasteiger partial charge in [-0.25, -0.2) is 9.97 Å². The first kappa shape index (κ1) is 12.1. The van der Waals surface area contributed by atoms with Crippen molar-refractivity contribution >= 4 is 11.6 Å². The number of nitrogen functional groups attached to an aromatic ring is 1. The molecule has 94 valence electrons. The first-order valence-electron chi connectivity index (χ1n) is 5.71. The Balaban J connectivity index is 2.20. The summed E-state index contributed by atoms with van der Waals surface area (Å²) in [5.74, 6) is 2.10. The van der Waals surface area contributed by atoms with Gasteiger partial charge in [0.25, 0.3) is 0 Å². The number of hydrogen-bond donors (Lipinski definition) is 4. The van der Waals surface area contributed by atoms with E-state index in [1.54, 1.807) is 13.0 Å². The summed E-state index contributed by atoms with van der Waals surface area (Å²) >= 11 is 0. The third kappa shape index (κ3) is 2.83. The number of rotatable bonds is 5. The second-order valence-electron chi connectivity index (χ2n) is 4.81. The summed E-state index contributed by atoms with van der Waals surface area (Å²) in [4.78, 5) is 8.53. The van der Waals surface area contributed by atoms with E-state index in [2.05, 4.69) is 15.3 Å². The molecule has 5 N–H and O–H groups in total. The van der Waals surface area contributed by atoms with Crippen LogP contribution in [0.1, 0.15) is 31.5 Å². The maximum Gasteiger partial charge on any atom is 0.136 e. The van der Waals surface area contributed by atoms with E-state index in [-0.39, 0.29) is 13.2 Å². The maximum absolute atomic E-state index is 9.21. The van der Waals surface area contributed by atoms with Crippen molar-refractivity contribution in [2.45, 2.75) is 31.2 Å². The lowest BCUT2D eigenvalue weighted by atomic mass is 10.1.